The lowest BCUT2D eigenvalue weighted by atomic mass is 9.43. The van der Waals surface area contributed by atoms with Crippen molar-refractivity contribution in [1.29, 1.82) is 0 Å². The van der Waals surface area contributed by atoms with Gasteiger partial charge in [-0.1, -0.05) is 49.2 Å². The van der Waals surface area contributed by atoms with Crippen LogP contribution in [0.2, 0.25) is 0 Å². The van der Waals surface area contributed by atoms with Crippen LogP contribution in [0.1, 0.15) is 72.1 Å². The molecule has 4 rings (SSSR count). The second-order valence-corrected chi connectivity index (χ2v) is 11.8. The van der Waals surface area contributed by atoms with Gasteiger partial charge in [0.15, 0.2) is 0 Å². The van der Waals surface area contributed by atoms with E-state index < -0.39 is 17.5 Å². The van der Waals surface area contributed by atoms with E-state index in [1.165, 1.54) is 5.57 Å². The van der Waals surface area contributed by atoms with Gasteiger partial charge in [-0.15, -0.1) is 0 Å². The second kappa shape index (κ2) is 9.36. The van der Waals surface area contributed by atoms with E-state index in [2.05, 4.69) is 37.2 Å². The Bertz CT molecular complexity index is 973. The molecular formula is C27H40N2O6. The summed E-state index contributed by atoms with van der Waals surface area (Å²) < 4.78 is 0. The number of rotatable bonds is 7. The number of nitrogens with zero attached hydrogens (tertiary/aromatic N) is 2. The van der Waals surface area contributed by atoms with E-state index in [4.69, 9.17) is 5.11 Å². The van der Waals surface area contributed by atoms with Gasteiger partial charge in [-0.25, -0.2) is 0 Å². The van der Waals surface area contributed by atoms with E-state index in [-0.39, 0.29) is 47.5 Å². The molecule has 0 aromatic heterocycles. The van der Waals surface area contributed by atoms with Crippen LogP contribution in [0.15, 0.2) is 34.1 Å². The molecular weight excluding hydrogens is 448 g/mol. The molecule has 194 valence electrons. The summed E-state index contributed by atoms with van der Waals surface area (Å²) in [7, 11) is 0. The molecule has 4 aliphatic carbocycles. The van der Waals surface area contributed by atoms with Crippen LogP contribution in [0.5, 0.6) is 0 Å². The van der Waals surface area contributed by atoms with E-state index in [0.717, 1.165) is 19.3 Å². The standard InChI is InChI=1S/C27H40N2O6/c1-16-12-18-19-8-11-27(22(15-30)29-35,9-5-4-6-23(32)33)26(19,3)14-21(31)24(18)25(2)10-7-17(28-34)13-20(16)25/h7,10,13,16,18-19,21,24,30-31,34-35H,4-6,8-9,11-12,14-15H2,1-3H3,(H,32,33)/b28-17+,29-22-. The van der Waals surface area contributed by atoms with Crippen molar-refractivity contribution in [2.45, 2.75) is 78.2 Å². The Morgan fingerprint density at radius 3 is 2.60 bits per heavy atom. The molecule has 0 saturated heterocycles. The van der Waals surface area contributed by atoms with Gasteiger partial charge in [-0.2, -0.15) is 0 Å². The molecule has 0 heterocycles. The normalized spacial score (nSPS) is 43.9. The van der Waals surface area contributed by atoms with Crippen molar-refractivity contribution in [3.8, 4) is 0 Å². The summed E-state index contributed by atoms with van der Waals surface area (Å²) in [6.07, 6.45) is 10.3. The summed E-state index contributed by atoms with van der Waals surface area (Å²) in [6, 6.07) is 0. The lowest BCUT2D eigenvalue weighted by Gasteiger charge is -2.62. The van der Waals surface area contributed by atoms with E-state index in [1.807, 2.05) is 12.2 Å². The van der Waals surface area contributed by atoms with Crippen LogP contribution in [0.3, 0.4) is 0 Å². The number of aliphatic hydroxyl groups excluding tert-OH is 2. The van der Waals surface area contributed by atoms with Crippen molar-refractivity contribution in [1.82, 2.24) is 0 Å². The van der Waals surface area contributed by atoms with Gasteiger partial charge < -0.3 is 25.7 Å². The highest BCUT2D eigenvalue weighted by molar-refractivity contribution is 6.05. The molecule has 3 saturated carbocycles. The van der Waals surface area contributed by atoms with Gasteiger partial charge in [0.1, 0.15) is 5.71 Å². The molecule has 8 nitrogen and oxygen atoms in total. The molecule has 3 fully saturated rings. The average molecular weight is 489 g/mol. The Labute approximate surface area is 207 Å². The molecule has 35 heavy (non-hydrogen) atoms. The maximum Gasteiger partial charge on any atom is 0.303 e. The summed E-state index contributed by atoms with van der Waals surface area (Å²) in [4.78, 5) is 11.1. The highest BCUT2D eigenvalue weighted by Crippen LogP contribution is 2.71. The molecule has 4 aliphatic rings. The van der Waals surface area contributed by atoms with Gasteiger partial charge in [-0.05, 0) is 73.8 Å². The molecule has 0 aromatic rings. The molecule has 5 N–H and O–H groups in total. The van der Waals surface area contributed by atoms with Gasteiger partial charge in [-0.3, -0.25) is 4.79 Å². The number of aliphatic hydroxyl groups is 2. The van der Waals surface area contributed by atoms with Crippen LogP contribution >= 0.6 is 0 Å². The number of carbonyl (C=O) groups is 1. The molecule has 8 heteroatoms. The number of hydrogen-bond donors (Lipinski definition) is 5. The summed E-state index contributed by atoms with van der Waals surface area (Å²) in [5.74, 6) is -0.0247. The monoisotopic (exact) mass is 488 g/mol. The topological polar surface area (TPSA) is 143 Å². The molecule has 8 unspecified atom stereocenters. The fraction of sp³-hybridized carbons (Fsp3) is 0.741. The van der Waals surface area contributed by atoms with Gasteiger partial charge in [0.2, 0.25) is 0 Å². The van der Waals surface area contributed by atoms with Crippen LogP contribution in [0, 0.1) is 39.9 Å². The third-order valence-electron chi connectivity index (χ3n) is 10.4. The first-order valence-electron chi connectivity index (χ1n) is 12.9. The zero-order chi connectivity index (χ0) is 25.6. The predicted octanol–water partition coefficient (Wildman–Crippen LogP) is 4.23. The van der Waals surface area contributed by atoms with E-state index >= 15 is 0 Å². The first kappa shape index (κ1) is 25.9. The third-order valence-corrected chi connectivity index (χ3v) is 10.4. The van der Waals surface area contributed by atoms with E-state index in [0.29, 0.717) is 37.1 Å². The molecule has 0 spiro atoms. The average Bonchev–Trinajstić information content (AvgIpc) is 3.09. The molecule has 0 bridgehead atoms. The molecule has 0 radical (unpaired) electrons. The molecule has 0 aliphatic heterocycles. The van der Waals surface area contributed by atoms with Crippen molar-refractivity contribution >= 4 is 17.4 Å². The zero-order valence-electron chi connectivity index (χ0n) is 21.0. The van der Waals surface area contributed by atoms with Crippen LogP contribution in [-0.4, -0.2) is 55.8 Å². The minimum absolute atomic E-state index is 0.0194. The Morgan fingerprint density at radius 1 is 1.23 bits per heavy atom. The first-order valence-corrected chi connectivity index (χ1v) is 12.9. The van der Waals surface area contributed by atoms with Crippen LogP contribution in [0.4, 0.5) is 0 Å². The molecule has 0 aromatic carbocycles. The van der Waals surface area contributed by atoms with Crippen LogP contribution < -0.4 is 0 Å². The van der Waals surface area contributed by atoms with Gasteiger partial charge in [0.05, 0.1) is 18.4 Å². The van der Waals surface area contributed by atoms with Crippen molar-refractivity contribution in [3.05, 3.63) is 23.8 Å². The van der Waals surface area contributed by atoms with Gasteiger partial charge in [0.25, 0.3) is 0 Å². The number of aliphatic carboxylic acids is 1. The summed E-state index contributed by atoms with van der Waals surface area (Å²) in [5.41, 5.74) is 0.794. The maximum atomic E-state index is 11.8. The first-order chi connectivity index (χ1) is 16.6. The minimum atomic E-state index is -0.827. The number of fused-ring (bicyclic) bond motifs is 5. The Kier molecular flexibility index (Phi) is 6.92. The van der Waals surface area contributed by atoms with Crippen molar-refractivity contribution in [3.63, 3.8) is 0 Å². The number of oxime groups is 2. The Morgan fingerprint density at radius 2 is 1.97 bits per heavy atom. The zero-order valence-corrected chi connectivity index (χ0v) is 21.0. The van der Waals surface area contributed by atoms with Gasteiger partial charge in [0, 0.05) is 23.2 Å². The number of allylic oxidation sites excluding steroid dienone is 4. The van der Waals surface area contributed by atoms with E-state index in [9.17, 15) is 25.4 Å². The SMILES string of the molecule is CC1CC2C(C(O)CC3(C)C2CCC3(CCCCC(=O)O)/C(CO)=N\O)C2(C)C=C/C(=N\O)C=C12. The largest absolute Gasteiger partial charge is 0.481 e. The quantitative estimate of drug-likeness (QED) is 0.157. The highest BCUT2D eigenvalue weighted by Gasteiger charge is 2.67. The molecule has 8 atom stereocenters. The fourth-order valence-electron chi connectivity index (χ4n) is 8.95. The predicted molar refractivity (Wildman–Crippen MR) is 132 cm³/mol. The minimum Gasteiger partial charge on any atom is -0.481 e. The van der Waals surface area contributed by atoms with Crippen molar-refractivity contribution in [2.24, 2.45) is 50.2 Å². The van der Waals surface area contributed by atoms with E-state index in [1.54, 1.807) is 0 Å². The fourth-order valence-corrected chi connectivity index (χ4v) is 8.95. The van der Waals surface area contributed by atoms with Crippen molar-refractivity contribution in [2.75, 3.05) is 6.61 Å². The highest BCUT2D eigenvalue weighted by atomic mass is 16.4. The maximum absolute atomic E-state index is 11.8. The number of carboxylic acid groups (broad SMARTS) is 1. The molecule has 0 amide bonds. The Hall–Kier alpha value is -2.19. The van der Waals surface area contributed by atoms with Crippen LogP contribution in [-0.2, 0) is 4.79 Å². The Balaban J connectivity index is 1.72. The van der Waals surface area contributed by atoms with Crippen molar-refractivity contribution < 1.29 is 30.5 Å². The van der Waals surface area contributed by atoms with Gasteiger partial charge >= 0.3 is 5.97 Å². The summed E-state index contributed by atoms with van der Waals surface area (Å²) >= 11 is 0. The summed E-state index contributed by atoms with van der Waals surface area (Å²) in [5, 5.41) is 57.2. The smallest absolute Gasteiger partial charge is 0.303 e. The second-order valence-electron chi connectivity index (χ2n) is 11.8. The lowest BCUT2D eigenvalue weighted by molar-refractivity contribution is -0.137. The summed E-state index contributed by atoms with van der Waals surface area (Å²) in [6.45, 7) is 6.23. The number of unbranched alkanes of at least 4 members (excludes halogenated alkanes) is 1. The lowest BCUT2D eigenvalue weighted by Crippen LogP contribution is -2.60. The van der Waals surface area contributed by atoms with Crippen LogP contribution in [0.25, 0.3) is 0 Å². The number of carboxylic acids is 1. The number of hydrogen-bond acceptors (Lipinski definition) is 7. The third kappa shape index (κ3) is 3.84.